The SMILES string of the molecule is COc1ccc(Cl)cc1[C@]1(F)C(=O)N(C(=O)OCCOP(=O)(O)O)c2cc(C(F)(F)F)ccc21. The number of nitrogens with zero attached hydrogens (tertiary/aromatic N) is 1. The molecule has 0 saturated carbocycles. The first-order valence-corrected chi connectivity index (χ1v) is 11.1. The number of phosphoric ester groups is 1. The van der Waals surface area contributed by atoms with E-state index < -0.39 is 67.3 Å². The topological polar surface area (TPSA) is 123 Å². The van der Waals surface area contributed by atoms with E-state index in [0.29, 0.717) is 18.2 Å². The number of fused-ring (bicyclic) bond motifs is 1. The molecule has 34 heavy (non-hydrogen) atoms. The zero-order valence-corrected chi connectivity index (χ0v) is 18.7. The number of halogens is 5. The van der Waals surface area contributed by atoms with Gasteiger partial charge in [0.25, 0.3) is 5.91 Å². The predicted octanol–water partition coefficient (Wildman–Crippen LogP) is 4.17. The van der Waals surface area contributed by atoms with Gasteiger partial charge in [-0.15, -0.1) is 0 Å². The average Bonchev–Trinajstić information content (AvgIpc) is 2.97. The molecule has 0 saturated heterocycles. The van der Waals surface area contributed by atoms with Crippen molar-refractivity contribution in [3.05, 3.63) is 58.1 Å². The number of benzene rings is 2. The Morgan fingerprint density at radius 3 is 2.41 bits per heavy atom. The summed E-state index contributed by atoms with van der Waals surface area (Å²) in [6.45, 7) is -1.61. The van der Waals surface area contributed by atoms with Crippen molar-refractivity contribution in [3.63, 3.8) is 0 Å². The molecule has 1 heterocycles. The Morgan fingerprint density at radius 2 is 1.82 bits per heavy atom. The number of carbonyl (C=O) groups is 2. The highest BCUT2D eigenvalue weighted by atomic mass is 35.5. The summed E-state index contributed by atoms with van der Waals surface area (Å²) < 4.78 is 80.9. The van der Waals surface area contributed by atoms with Crippen LogP contribution in [0.5, 0.6) is 5.75 Å². The molecule has 1 aliphatic heterocycles. The lowest BCUT2D eigenvalue weighted by atomic mass is 9.88. The molecular weight excluding hydrogens is 513 g/mol. The molecule has 0 aromatic heterocycles. The molecule has 2 aromatic rings. The number of alkyl halides is 4. The molecule has 184 valence electrons. The van der Waals surface area contributed by atoms with E-state index >= 15 is 4.39 Å². The number of hydrogen-bond donors (Lipinski definition) is 2. The number of imide groups is 1. The van der Waals surface area contributed by atoms with E-state index in [1.54, 1.807) is 0 Å². The van der Waals surface area contributed by atoms with Crippen LogP contribution >= 0.6 is 19.4 Å². The van der Waals surface area contributed by atoms with E-state index in [9.17, 15) is 27.3 Å². The van der Waals surface area contributed by atoms with E-state index in [2.05, 4.69) is 9.26 Å². The number of methoxy groups -OCH3 is 1. The molecular formula is C19H15ClF4NO8P. The number of anilines is 1. The minimum absolute atomic E-state index is 0.0234. The molecule has 0 radical (unpaired) electrons. The van der Waals surface area contributed by atoms with Gasteiger partial charge in [0, 0.05) is 16.1 Å². The van der Waals surface area contributed by atoms with Crippen LogP contribution in [0.2, 0.25) is 5.02 Å². The molecule has 0 fully saturated rings. The van der Waals surface area contributed by atoms with Crippen molar-refractivity contribution in [2.75, 3.05) is 25.2 Å². The van der Waals surface area contributed by atoms with Crippen LogP contribution in [-0.4, -0.2) is 42.1 Å². The van der Waals surface area contributed by atoms with Gasteiger partial charge in [0.15, 0.2) is 0 Å². The number of phosphoric acid groups is 1. The van der Waals surface area contributed by atoms with E-state index in [1.807, 2.05) is 0 Å². The van der Waals surface area contributed by atoms with Crippen LogP contribution in [0.4, 0.5) is 28.0 Å². The van der Waals surface area contributed by atoms with E-state index in [4.69, 9.17) is 26.1 Å². The van der Waals surface area contributed by atoms with Crippen LogP contribution in [0.25, 0.3) is 0 Å². The molecule has 2 aromatic carbocycles. The van der Waals surface area contributed by atoms with Gasteiger partial charge in [-0.25, -0.2) is 18.6 Å². The predicted molar refractivity (Wildman–Crippen MR) is 108 cm³/mol. The number of carbonyl (C=O) groups excluding carboxylic acids is 2. The van der Waals surface area contributed by atoms with Crippen LogP contribution in [0, 0.1) is 0 Å². The lowest BCUT2D eigenvalue weighted by Crippen LogP contribution is -2.42. The van der Waals surface area contributed by atoms with Crippen LogP contribution in [0.3, 0.4) is 0 Å². The highest BCUT2D eigenvalue weighted by molar-refractivity contribution is 7.46. The highest BCUT2D eigenvalue weighted by Crippen LogP contribution is 2.51. The lowest BCUT2D eigenvalue weighted by molar-refractivity contribution is -0.137. The minimum Gasteiger partial charge on any atom is -0.496 e. The van der Waals surface area contributed by atoms with E-state index in [-0.39, 0.29) is 15.7 Å². The van der Waals surface area contributed by atoms with E-state index in [0.717, 1.165) is 13.2 Å². The molecule has 3 rings (SSSR count). The molecule has 15 heteroatoms. The van der Waals surface area contributed by atoms with Crippen molar-refractivity contribution in [1.82, 2.24) is 0 Å². The second-order valence-corrected chi connectivity index (χ2v) is 8.49. The average molecular weight is 528 g/mol. The largest absolute Gasteiger partial charge is 0.496 e. The van der Waals surface area contributed by atoms with Gasteiger partial charge < -0.3 is 19.3 Å². The van der Waals surface area contributed by atoms with Crippen molar-refractivity contribution in [2.45, 2.75) is 11.8 Å². The van der Waals surface area contributed by atoms with Gasteiger partial charge in [-0.05, 0) is 30.3 Å². The maximum absolute atomic E-state index is 16.5. The molecule has 1 aliphatic rings. The molecule has 0 bridgehead atoms. The van der Waals surface area contributed by atoms with Crippen molar-refractivity contribution >= 4 is 37.1 Å². The van der Waals surface area contributed by atoms with Gasteiger partial charge in [0.05, 0.1) is 25.0 Å². The van der Waals surface area contributed by atoms with Gasteiger partial charge in [0.1, 0.15) is 12.4 Å². The second-order valence-electron chi connectivity index (χ2n) is 6.81. The maximum Gasteiger partial charge on any atom is 0.469 e. The third kappa shape index (κ3) is 4.89. The van der Waals surface area contributed by atoms with Crippen molar-refractivity contribution < 1.29 is 55.5 Å². The normalized spacial score (nSPS) is 18.1. The number of hydrogen-bond acceptors (Lipinski definition) is 6. The van der Waals surface area contributed by atoms with Crippen LogP contribution in [-0.2, 0) is 30.5 Å². The molecule has 2 amide bonds. The second kappa shape index (κ2) is 9.16. The quantitative estimate of drug-likeness (QED) is 0.326. The summed E-state index contributed by atoms with van der Waals surface area (Å²) >= 11 is 5.93. The Balaban J connectivity index is 2.09. The number of amides is 2. The van der Waals surface area contributed by atoms with Gasteiger partial charge in [-0.1, -0.05) is 17.7 Å². The Morgan fingerprint density at radius 1 is 1.15 bits per heavy atom. The Labute approximate surface area is 194 Å². The fourth-order valence-electron chi connectivity index (χ4n) is 3.30. The van der Waals surface area contributed by atoms with Gasteiger partial charge in [0.2, 0.25) is 5.67 Å². The summed E-state index contributed by atoms with van der Waals surface area (Å²) in [5.41, 5.74) is -6.27. The van der Waals surface area contributed by atoms with Crippen LogP contribution < -0.4 is 9.64 Å². The summed E-state index contributed by atoms with van der Waals surface area (Å²) in [5.74, 6) is -1.78. The highest BCUT2D eigenvalue weighted by Gasteiger charge is 2.57. The molecule has 2 N–H and O–H groups in total. The Kier molecular flexibility index (Phi) is 6.98. The fourth-order valence-corrected chi connectivity index (χ4v) is 3.79. The molecule has 9 nitrogen and oxygen atoms in total. The summed E-state index contributed by atoms with van der Waals surface area (Å²) in [6.07, 6.45) is -6.49. The fraction of sp³-hybridized carbons (Fsp3) is 0.263. The monoisotopic (exact) mass is 527 g/mol. The third-order valence-electron chi connectivity index (χ3n) is 4.72. The summed E-state index contributed by atoms with van der Waals surface area (Å²) in [7, 11) is -3.74. The first kappa shape index (κ1) is 25.9. The smallest absolute Gasteiger partial charge is 0.469 e. The summed E-state index contributed by atoms with van der Waals surface area (Å²) in [5, 5.41) is -0.0234. The van der Waals surface area contributed by atoms with Gasteiger partial charge >= 0.3 is 20.1 Å². The Hall–Kier alpha value is -2.70. The Bertz CT molecular complexity index is 1190. The third-order valence-corrected chi connectivity index (χ3v) is 5.47. The standard InChI is InChI=1S/C19H15ClF4NO8P/c1-31-15-5-3-11(20)9-13(15)18(21)12-4-2-10(19(22,23)24)8-14(12)25(16(18)26)17(27)32-6-7-33-34(28,29)30/h2-5,8-9H,6-7H2,1H3,(H2,28,29,30)/t18-/m0/s1. The van der Waals surface area contributed by atoms with Crippen LogP contribution in [0.1, 0.15) is 16.7 Å². The first-order valence-electron chi connectivity index (χ1n) is 9.16. The molecule has 0 unspecified atom stereocenters. The minimum atomic E-state index is -4.90. The molecule has 1 atom stereocenters. The van der Waals surface area contributed by atoms with Crippen LogP contribution in [0.15, 0.2) is 36.4 Å². The van der Waals surface area contributed by atoms with Gasteiger partial charge in [-0.2, -0.15) is 13.2 Å². The summed E-state index contributed by atoms with van der Waals surface area (Å²) in [6, 6.07) is 5.24. The van der Waals surface area contributed by atoms with Crippen molar-refractivity contribution in [3.8, 4) is 5.75 Å². The van der Waals surface area contributed by atoms with Gasteiger partial charge in [-0.3, -0.25) is 9.32 Å². The lowest BCUT2D eigenvalue weighted by Gasteiger charge is -2.22. The first-order chi connectivity index (χ1) is 15.7. The summed E-state index contributed by atoms with van der Waals surface area (Å²) in [4.78, 5) is 43.1. The zero-order chi connectivity index (χ0) is 25.5. The number of rotatable bonds is 6. The zero-order valence-electron chi connectivity index (χ0n) is 17.0. The molecule has 0 spiro atoms. The molecule has 0 aliphatic carbocycles. The van der Waals surface area contributed by atoms with Crippen molar-refractivity contribution in [2.24, 2.45) is 0 Å². The van der Waals surface area contributed by atoms with Crippen molar-refractivity contribution in [1.29, 1.82) is 0 Å². The number of ether oxygens (including phenoxy) is 2. The maximum atomic E-state index is 16.5. The van der Waals surface area contributed by atoms with E-state index in [1.165, 1.54) is 12.1 Å².